The van der Waals surface area contributed by atoms with Gasteiger partial charge >= 0.3 is 5.69 Å². The summed E-state index contributed by atoms with van der Waals surface area (Å²) in [5.74, 6) is -0.509. The molecule has 0 saturated carbocycles. The van der Waals surface area contributed by atoms with E-state index in [4.69, 9.17) is 23.8 Å². The van der Waals surface area contributed by atoms with Crippen molar-refractivity contribution in [3.63, 3.8) is 0 Å². The lowest BCUT2D eigenvalue weighted by Gasteiger charge is -2.02. The van der Waals surface area contributed by atoms with E-state index in [-0.39, 0.29) is 15.7 Å². The summed E-state index contributed by atoms with van der Waals surface area (Å²) in [4.78, 5) is 9.92. The third kappa shape index (κ3) is 3.54. The van der Waals surface area contributed by atoms with E-state index < -0.39 is 16.4 Å². The minimum atomic E-state index is -0.732. The van der Waals surface area contributed by atoms with Crippen LogP contribution in [-0.4, -0.2) is 28.4 Å². The highest BCUT2D eigenvalue weighted by Crippen LogP contribution is 2.32. The zero-order valence-corrected chi connectivity index (χ0v) is 10.7. The van der Waals surface area contributed by atoms with Gasteiger partial charge in [0.15, 0.2) is 5.11 Å². The highest BCUT2D eigenvalue weighted by Gasteiger charge is 2.17. The fraction of sp³-hybridized carbons (Fsp3) is 0.111. The Hall–Kier alpha value is -1.93. The van der Waals surface area contributed by atoms with Gasteiger partial charge in [0.2, 0.25) is 5.75 Å². The molecule has 0 bridgehead atoms. The zero-order valence-electron chi connectivity index (χ0n) is 9.18. The van der Waals surface area contributed by atoms with Gasteiger partial charge < -0.3 is 10.4 Å². The predicted octanol–water partition coefficient (Wildman–Crippen LogP) is 1.38. The summed E-state index contributed by atoms with van der Waals surface area (Å²) < 4.78 is 0. The van der Waals surface area contributed by atoms with Gasteiger partial charge in [0, 0.05) is 23.7 Å². The van der Waals surface area contributed by atoms with Gasteiger partial charge in [-0.1, -0.05) is 11.6 Å². The van der Waals surface area contributed by atoms with Gasteiger partial charge in [-0.05, 0) is 18.3 Å². The summed E-state index contributed by atoms with van der Waals surface area (Å²) in [6.45, 7) is 0. The van der Waals surface area contributed by atoms with Gasteiger partial charge in [-0.3, -0.25) is 15.5 Å². The first kappa shape index (κ1) is 14.1. The number of phenolic OH excluding ortho intramolecular Hbond substituents is 1. The van der Waals surface area contributed by atoms with E-state index in [1.807, 2.05) is 0 Å². The highest BCUT2D eigenvalue weighted by atomic mass is 35.5. The van der Waals surface area contributed by atoms with Crippen LogP contribution >= 0.6 is 23.8 Å². The maximum absolute atomic E-state index is 10.7. The molecule has 0 aromatic heterocycles. The van der Waals surface area contributed by atoms with Crippen molar-refractivity contribution >= 4 is 40.8 Å². The molecule has 0 aliphatic carbocycles. The Balaban J connectivity index is 3.02. The van der Waals surface area contributed by atoms with Crippen LogP contribution in [0.2, 0.25) is 5.02 Å². The molecule has 96 valence electrons. The largest absolute Gasteiger partial charge is 0.502 e. The summed E-state index contributed by atoms with van der Waals surface area (Å²) in [6, 6.07) is 2.40. The standard InChI is InChI=1S/C9H9ClN4O3S/c1-11-9(18)13-12-4-5-2-6(10)3-7(8(5)15)14(16)17/h2-4,15H,1H3,(H2,11,13,18). The van der Waals surface area contributed by atoms with Gasteiger partial charge in [0.25, 0.3) is 0 Å². The molecule has 9 heteroatoms. The summed E-state index contributed by atoms with van der Waals surface area (Å²) in [7, 11) is 1.60. The molecule has 3 N–H and O–H groups in total. The number of hydrogen-bond acceptors (Lipinski definition) is 5. The SMILES string of the molecule is CNC(=S)NN=Cc1cc(Cl)cc([N+](=O)[O-])c1O. The molecule has 18 heavy (non-hydrogen) atoms. The second kappa shape index (κ2) is 6.12. The van der Waals surface area contributed by atoms with E-state index in [1.54, 1.807) is 7.05 Å². The van der Waals surface area contributed by atoms with Gasteiger partial charge in [0.1, 0.15) is 0 Å². The third-order valence-electron chi connectivity index (χ3n) is 1.88. The fourth-order valence-electron chi connectivity index (χ4n) is 1.06. The number of nitrogens with one attached hydrogen (secondary N) is 2. The molecule has 1 aromatic carbocycles. The number of hydrogen-bond donors (Lipinski definition) is 3. The molecule has 0 saturated heterocycles. The zero-order chi connectivity index (χ0) is 13.7. The minimum absolute atomic E-state index is 0.112. The van der Waals surface area contributed by atoms with Crippen LogP contribution in [0.1, 0.15) is 5.56 Å². The lowest BCUT2D eigenvalue weighted by atomic mass is 10.2. The van der Waals surface area contributed by atoms with Crippen molar-refractivity contribution in [2.45, 2.75) is 0 Å². The van der Waals surface area contributed by atoms with Crippen LogP contribution in [-0.2, 0) is 0 Å². The van der Waals surface area contributed by atoms with E-state index in [1.165, 1.54) is 12.3 Å². The normalized spacial score (nSPS) is 10.3. The molecule has 1 rings (SSSR count). The first-order valence-electron chi connectivity index (χ1n) is 4.63. The molecule has 0 atom stereocenters. The molecular weight excluding hydrogens is 280 g/mol. The Morgan fingerprint density at radius 3 is 2.89 bits per heavy atom. The Morgan fingerprint density at radius 2 is 2.33 bits per heavy atom. The van der Waals surface area contributed by atoms with E-state index in [9.17, 15) is 15.2 Å². The number of rotatable bonds is 3. The predicted molar refractivity (Wildman–Crippen MR) is 72.2 cm³/mol. The van der Waals surface area contributed by atoms with Crippen LogP contribution in [0.25, 0.3) is 0 Å². The van der Waals surface area contributed by atoms with Crippen LogP contribution in [0.3, 0.4) is 0 Å². The van der Waals surface area contributed by atoms with Crippen LogP contribution in [0, 0.1) is 10.1 Å². The number of nitrogens with zero attached hydrogens (tertiary/aromatic N) is 2. The molecule has 0 amide bonds. The molecule has 0 aliphatic heterocycles. The van der Waals surface area contributed by atoms with Gasteiger partial charge in [-0.25, -0.2) is 0 Å². The van der Waals surface area contributed by atoms with Crippen molar-refractivity contribution in [2.75, 3.05) is 7.05 Å². The molecule has 7 nitrogen and oxygen atoms in total. The highest BCUT2D eigenvalue weighted by molar-refractivity contribution is 7.80. The first-order chi connectivity index (χ1) is 8.45. The van der Waals surface area contributed by atoms with Crippen LogP contribution in [0.5, 0.6) is 5.75 Å². The van der Waals surface area contributed by atoms with Crippen LogP contribution in [0.4, 0.5) is 5.69 Å². The van der Waals surface area contributed by atoms with E-state index in [0.717, 1.165) is 6.07 Å². The van der Waals surface area contributed by atoms with E-state index >= 15 is 0 Å². The molecule has 0 fully saturated rings. The average molecular weight is 289 g/mol. The number of aromatic hydroxyl groups is 1. The monoisotopic (exact) mass is 288 g/mol. The maximum atomic E-state index is 10.7. The van der Waals surface area contributed by atoms with Crippen molar-refractivity contribution in [1.82, 2.24) is 10.7 Å². The molecule has 0 radical (unpaired) electrons. The van der Waals surface area contributed by atoms with Crippen molar-refractivity contribution in [2.24, 2.45) is 5.10 Å². The second-order valence-electron chi connectivity index (χ2n) is 3.07. The summed E-state index contributed by atoms with van der Waals surface area (Å²) in [5, 5.41) is 27.0. The second-order valence-corrected chi connectivity index (χ2v) is 3.91. The Bertz CT molecular complexity index is 521. The minimum Gasteiger partial charge on any atom is -0.502 e. The Kier molecular flexibility index (Phi) is 4.81. The van der Waals surface area contributed by atoms with E-state index in [0.29, 0.717) is 0 Å². The van der Waals surface area contributed by atoms with Crippen molar-refractivity contribution in [1.29, 1.82) is 0 Å². The quantitative estimate of drug-likeness (QED) is 0.336. The number of halogens is 1. The third-order valence-corrected chi connectivity index (χ3v) is 2.39. The number of benzene rings is 1. The number of nitro groups is 1. The van der Waals surface area contributed by atoms with Crippen LogP contribution < -0.4 is 10.7 Å². The van der Waals surface area contributed by atoms with Crippen molar-refractivity contribution in [3.05, 3.63) is 32.8 Å². The topological polar surface area (TPSA) is 99.8 Å². The van der Waals surface area contributed by atoms with Crippen molar-refractivity contribution in [3.8, 4) is 5.75 Å². The smallest absolute Gasteiger partial charge is 0.312 e. The number of hydrazone groups is 1. The van der Waals surface area contributed by atoms with Crippen LogP contribution in [0.15, 0.2) is 17.2 Å². The maximum Gasteiger partial charge on any atom is 0.312 e. The van der Waals surface area contributed by atoms with Gasteiger partial charge in [-0.15, -0.1) is 0 Å². The molecule has 0 heterocycles. The molecular formula is C9H9ClN4O3S. The van der Waals surface area contributed by atoms with Gasteiger partial charge in [0.05, 0.1) is 11.1 Å². The Morgan fingerprint density at radius 1 is 1.67 bits per heavy atom. The van der Waals surface area contributed by atoms with Crippen molar-refractivity contribution < 1.29 is 10.0 Å². The first-order valence-corrected chi connectivity index (χ1v) is 5.42. The summed E-state index contributed by atoms with van der Waals surface area (Å²) in [6.07, 6.45) is 1.18. The fourth-order valence-corrected chi connectivity index (χ4v) is 1.33. The summed E-state index contributed by atoms with van der Waals surface area (Å²) in [5.41, 5.74) is 2.07. The lowest BCUT2D eigenvalue weighted by Crippen LogP contribution is -2.28. The lowest BCUT2D eigenvalue weighted by molar-refractivity contribution is -0.385. The van der Waals surface area contributed by atoms with E-state index in [2.05, 4.69) is 15.8 Å². The Labute approximate surface area is 113 Å². The number of nitro benzene ring substituents is 1. The number of thiocarbonyl (C=S) groups is 1. The molecule has 0 unspecified atom stereocenters. The molecule has 0 spiro atoms. The number of phenols is 1. The van der Waals surface area contributed by atoms with Gasteiger partial charge in [-0.2, -0.15) is 5.10 Å². The average Bonchev–Trinajstić information content (AvgIpc) is 2.32. The molecule has 1 aromatic rings. The molecule has 0 aliphatic rings. The summed E-state index contributed by atoms with van der Waals surface area (Å²) >= 11 is 10.5.